The standard InChI is InChI=1S/C19H18FN5O/c1-12-9-18(23-17-8-4-7-16(11-17)22-13(2)26)25-19(21-12)24-15-6-3-5-14(20)10-15/h3-11H,1-2H3,(H,22,26)(H2,21,23,24,25). The number of rotatable bonds is 5. The Morgan fingerprint density at radius 3 is 2.35 bits per heavy atom. The van der Waals surface area contributed by atoms with Crippen LogP contribution in [0.4, 0.5) is 33.2 Å². The van der Waals surface area contributed by atoms with Crippen molar-refractivity contribution in [3.8, 4) is 0 Å². The van der Waals surface area contributed by atoms with Gasteiger partial charge < -0.3 is 16.0 Å². The first kappa shape index (κ1) is 17.3. The van der Waals surface area contributed by atoms with Crippen LogP contribution in [0, 0.1) is 12.7 Å². The maximum absolute atomic E-state index is 13.3. The molecule has 0 saturated carbocycles. The molecule has 132 valence electrons. The molecule has 3 N–H and O–H groups in total. The van der Waals surface area contributed by atoms with E-state index in [2.05, 4.69) is 25.9 Å². The van der Waals surface area contributed by atoms with E-state index in [0.29, 0.717) is 23.1 Å². The van der Waals surface area contributed by atoms with Gasteiger partial charge in [0.1, 0.15) is 11.6 Å². The highest BCUT2D eigenvalue weighted by atomic mass is 19.1. The maximum atomic E-state index is 13.3. The lowest BCUT2D eigenvalue weighted by molar-refractivity contribution is -0.114. The van der Waals surface area contributed by atoms with Gasteiger partial charge in [0.25, 0.3) is 0 Å². The number of carbonyl (C=O) groups excluding carboxylic acids is 1. The summed E-state index contributed by atoms with van der Waals surface area (Å²) in [7, 11) is 0. The molecule has 3 aromatic rings. The first-order valence-electron chi connectivity index (χ1n) is 8.01. The van der Waals surface area contributed by atoms with E-state index in [9.17, 15) is 9.18 Å². The van der Waals surface area contributed by atoms with Gasteiger partial charge in [-0.05, 0) is 43.3 Å². The van der Waals surface area contributed by atoms with Crippen molar-refractivity contribution >= 4 is 34.7 Å². The lowest BCUT2D eigenvalue weighted by atomic mass is 10.2. The van der Waals surface area contributed by atoms with Gasteiger partial charge in [0.15, 0.2) is 0 Å². The van der Waals surface area contributed by atoms with Crippen molar-refractivity contribution in [1.29, 1.82) is 0 Å². The summed E-state index contributed by atoms with van der Waals surface area (Å²) in [6.45, 7) is 3.30. The lowest BCUT2D eigenvalue weighted by Gasteiger charge is -2.11. The number of nitrogens with one attached hydrogen (secondary N) is 3. The minimum Gasteiger partial charge on any atom is -0.340 e. The number of benzene rings is 2. The van der Waals surface area contributed by atoms with Crippen LogP contribution in [0.3, 0.4) is 0 Å². The predicted molar refractivity (Wildman–Crippen MR) is 100 cm³/mol. The molecule has 7 heteroatoms. The van der Waals surface area contributed by atoms with Crippen molar-refractivity contribution in [2.24, 2.45) is 0 Å². The van der Waals surface area contributed by atoms with Crippen LogP contribution < -0.4 is 16.0 Å². The van der Waals surface area contributed by atoms with Crippen molar-refractivity contribution < 1.29 is 9.18 Å². The average Bonchev–Trinajstić information content (AvgIpc) is 2.54. The van der Waals surface area contributed by atoms with Crippen LogP contribution in [0.2, 0.25) is 0 Å². The number of nitrogens with zero attached hydrogens (tertiary/aromatic N) is 2. The number of hydrogen-bond acceptors (Lipinski definition) is 5. The molecule has 6 nitrogen and oxygen atoms in total. The highest BCUT2D eigenvalue weighted by Gasteiger charge is 2.05. The van der Waals surface area contributed by atoms with Crippen LogP contribution in [-0.2, 0) is 4.79 Å². The molecule has 0 fully saturated rings. The quantitative estimate of drug-likeness (QED) is 0.636. The Labute approximate surface area is 150 Å². The summed E-state index contributed by atoms with van der Waals surface area (Å²) in [5.41, 5.74) is 2.77. The third-order valence-electron chi connectivity index (χ3n) is 3.39. The van der Waals surface area contributed by atoms with Gasteiger partial charge in [-0.25, -0.2) is 9.37 Å². The Bertz CT molecular complexity index is 945. The van der Waals surface area contributed by atoms with Gasteiger partial charge in [-0.3, -0.25) is 4.79 Å². The molecule has 0 spiro atoms. The summed E-state index contributed by atoms with van der Waals surface area (Å²) >= 11 is 0. The molecule has 0 bridgehead atoms. The zero-order chi connectivity index (χ0) is 18.5. The lowest BCUT2D eigenvalue weighted by Crippen LogP contribution is -2.06. The first-order valence-corrected chi connectivity index (χ1v) is 8.01. The highest BCUT2D eigenvalue weighted by Crippen LogP contribution is 2.21. The van der Waals surface area contributed by atoms with Crippen LogP contribution >= 0.6 is 0 Å². The second kappa shape index (κ2) is 7.60. The zero-order valence-electron chi connectivity index (χ0n) is 14.4. The van der Waals surface area contributed by atoms with E-state index in [4.69, 9.17) is 0 Å². The molecule has 1 aromatic heterocycles. The van der Waals surface area contributed by atoms with E-state index >= 15 is 0 Å². The minimum atomic E-state index is -0.337. The van der Waals surface area contributed by atoms with E-state index < -0.39 is 0 Å². The molecule has 3 rings (SSSR count). The Hall–Kier alpha value is -3.48. The molecule has 1 heterocycles. The van der Waals surface area contributed by atoms with Gasteiger partial charge >= 0.3 is 0 Å². The van der Waals surface area contributed by atoms with Crippen LogP contribution in [0.25, 0.3) is 0 Å². The molecule has 0 atom stereocenters. The van der Waals surface area contributed by atoms with Crippen LogP contribution in [-0.4, -0.2) is 15.9 Å². The van der Waals surface area contributed by atoms with Crippen molar-refractivity contribution in [3.63, 3.8) is 0 Å². The summed E-state index contributed by atoms with van der Waals surface area (Å²) in [5.74, 6) is 0.463. The topological polar surface area (TPSA) is 78.9 Å². The molecular weight excluding hydrogens is 333 g/mol. The minimum absolute atomic E-state index is 0.137. The van der Waals surface area contributed by atoms with E-state index in [1.54, 1.807) is 30.3 Å². The highest BCUT2D eigenvalue weighted by molar-refractivity contribution is 5.89. The summed E-state index contributed by atoms with van der Waals surface area (Å²) in [6.07, 6.45) is 0. The van der Waals surface area contributed by atoms with E-state index in [-0.39, 0.29) is 11.7 Å². The van der Waals surface area contributed by atoms with Gasteiger partial charge in [0, 0.05) is 35.7 Å². The fourth-order valence-electron chi connectivity index (χ4n) is 2.41. The van der Waals surface area contributed by atoms with E-state index in [1.165, 1.54) is 19.1 Å². The first-order chi connectivity index (χ1) is 12.5. The average molecular weight is 351 g/mol. The maximum Gasteiger partial charge on any atom is 0.229 e. The molecule has 1 amide bonds. The van der Waals surface area contributed by atoms with Crippen molar-refractivity contribution in [1.82, 2.24) is 9.97 Å². The molecule has 0 aliphatic carbocycles. The van der Waals surface area contributed by atoms with Gasteiger partial charge in [0.2, 0.25) is 11.9 Å². The summed E-state index contributed by atoms with van der Waals surface area (Å²) < 4.78 is 13.3. The largest absolute Gasteiger partial charge is 0.340 e. The Balaban J connectivity index is 1.80. The van der Waals surface area contributed by atoms with E-state index in [0.717, 1.165) is 11.4 Å². The predicted octanol–water partition coefficient (Wildman–Crippen LogP) is 4.37. The molecule has 26 heavy (non-hydrogen) atoms. The van der Waals surface area contributed by atoms with Gasteiger partial charge in [-0.15, -0.1) is 0 Å². The molecular formula is C19H18FN5O. The molecule has 0 unspecified atom stereocenters. The second-order valence-corrected chi connectivity index (χ2v) is 5.74. The van der Waals surface area contributed by atoms with Crippen molar-refractivity contribution in [2.75, 3.05) is 16.0 Å². The Morgan fingerprint density at radius 2 is 1.62 bits per heavy atom. The van der Waals surface area contributed by atoms with Crippen molar-refractivity contribution in [3.05, 3.63) is 66.1 Å². The number of hydrogen-bond donors (Lipinski definition) is 3. The Morgan fingerprint density at radius 1 is 0.923 bits per heavy atom. The van der Waals surface area contributed by atoms with Crippen LogP contribution in [0.1, 0.15) is 12.6 Å². The summed E-state index contributed by atoms with van der Waals surface area (Å²) in [5, 5.41) is 8.90. The van der Waals surface area contributed by atoms with Crippen molar-refractivity contribution in [2.45, 2.75) is 13.8 Å². The fourth-order valence-corrected chi connectivity index (χ4v) is 2.41. The molecule has 0 aliphatic rings. The number of amides is 1. The van der Waals surface area contributed by atoms with E-state index in [1.807, 2.05) is 19.1 Å². The number of carbonyl (C=O) groups is 1. The number of anilines is 5. The zero-order valence-corrected chi connectivity index (χ0v) is 14.4. The SMILES string of the molecule is CC(=O)Nc1cccc(Nc2cc(C)nc(Nc3cccc(F)c3)n2)c1. The number of aromatic nitrogens is 2. The van der Waals surface area contributed by atoms with Gasteiger partial charge in [-0.2, -0.15) is 4.98 Å². The number of aryl methyl sites for hydroxylation is 1. The van der Waals surface area contributed by atoms with Crippen LogP contribution in [0.15, 0.2) is 54.6 Å². The number of halogens is 1. The summed E-state index contributed by atoms with van der Waals surface area (Å²) in [6, 6.07) is 15.2. The second-order valence-electron chi connectivity index (χ2n) is 5.74. The third-order valence-corrected chi connectivity index (χ3v) is 3.39. The van der Waals surface area contributed by atoms with Gasteiger partial charge in [-0.1, -0.05) is 12.1 Å². The third kappa shape index (κ3) is 4.76. The smallest absolute Gasteiger partial charge is 0.229 e. The molecule has 2 aromatic carbocycles. The fraction of sp³-hybridized carbons (Fsp3) is 0.105. The van der Waals surface area contributed by atoms with Gasteiger partial charge in [0.05, 0.1) is 0 Å². The Kier molecular flexibility index (Phi) is 5.07. The normalized spacial score (nSPS) is 10.3. The van der Waals surface area contributed by atoms with Crippen LogP contribution in [0.5, 0.6) is 0 Å². The molecule has 0 radical (unpaired) electrons. The summed E-state index contributed by atoms with van der Waals surface area (Å²) in [4.78, 5) is 19.9. The molecule has 0 aliphatic heterocycles. The molecule has 0 saturated heterocycles. The monoisotopic (exact) mass is 351 g/mol.